The van der Waals surface area contributed by atoms with Crippen molar-refractivity contribution in [3.63, 3.8) is 0 Å². The van der Waals surface area contributed by atoms with Crippen molar-refractivity contribution in [2.24, 2.45) is 0 Å². The van der Waals surface area contributed by atoms with Crippen molar-refractivity contribution < 1.29 is 4.42 Å². The Bertz CT molecular complexity index is 918. The van der Waals surface area contributed by atoms with Crippen molar-refractivity contribution >= 4 is 49.9 Å². The fraction of sp³-hybridized carbons (Fsp3) is 0. The lowest BCUT2D eigenvalue weighted by molar-refractivity contribution is 0.622. The molecule has 0 aliphatic rings. The molecule has 21 heavy (non-hydrogen) atoms. The second-order valence-electron chi connectivity index (χ2n) is 4.51. The molecule has 0 aliphatic carbocycles. The van der Waals surface area contributed by atoms with Crippen LogP contribution in [0.15, 0.2) is 57.6 Å². The van der Waals surface area contributed by atoms with E-state index in [0.717, 1.165) is 26.5 Å². The number of oxazole rings is 1. The van der Waals surface area contributed by atoms with E-state index in [9.17, 15) is 0 Å². The summed E-state index contributed by atoms with van der Waals surface area (Å²) in [7, 11) is 0. The van der Waals surface area contributed by atoms with Gasteiger partial charge in [-0.1, -0.05) is 28.1 Å². The van der Waals surface area contributed by atoms with Crippen molar-refractivity contribution in [1.82, 2.24) is 15.0 Å². The molecule has 0 saturated carbocycles. The van der Waals surface area contributed by atoms with Crippen LogP contribution >= 0.6 is 15.9 Å². The molecule has 6 heteroatoms. The zero-order valence-corrected chi connectivity index (χ0v) is 12.3. The van der Waals surface area contributed by atoms with Gasteiger partial charge in [-0.25, -0.2) is 9.97 Å². The number of halogens is 1. The number of nitrogens with zero attached hydrogens (tertiary/aromatic N) is 3. The lowest BCUT2D eigenvalue weighted by atomic mass is 10.2. The fourth-order valence-electron chi connectivity index (χ4n) is 2.09. The first-order valence-corrected chi connectivity index (χ1v) is 7.12. The summed E-state index contributed by atoms with van der Waals surface area (Å²) in [5.74, 6) is 0.455. The molecule has 0 saturated heterocycles. The first kappa shape index (κ1) is 12.3. The van der Waals surface area contributed by atoms with Crippen LogP contribution in [0.5, 0.6) is 0 Å². The Labute approximate surface area is 128 Å². The number of aromatic nitrogens is 3. The zero-order valence-electron chi connectivity index (χ0n) is 10.7. The van der Waals surface area contributed by atoms with Gasteiger partial charge in [-0.3, -0.25) is 5.32 Å². The molecule has 0 amide bonds. The van der Waals surface area contributed by atoms with Crippen LogP contribution in [-0.2, 0) is 0 Å². The summed E-state index contributed by atoms with van der Waals surface area (Å²) in [4.78, 5) is 13.0. The Morgan fingerprint density at radius 1 is 1.00 bits per heavy atom. The molecule has 0 bridgehead atoms. The van der Waals surface area contributed by atoms with E-state index in [-0.39, 0.29) is 0 Å². The van der Waals surface area contributed by atoms with E-state index < -0.39 is 0 Å². The maximum absolute atomic E-state index is 5.59. The van der Waals surface area contributed by atoms with E-state index in [4.69, 9.17) is 4.42 Å². The first-order chi connectivity index (χ1) is 10.3. The van der Waals surface area contributed by atoms with Gasteiger partial charge in [0.1, 0.15) is 5.52 Å². The summed E-state index contributed by atoms with van der Waals surface area (Å²) in [6.45, 7) is 0. The molecule has 2 aromatic heterocycles. The molecule has 0 atom stereocenters. The van der Waals surface area contributed by atoms with Crippen LogP contribution in [0.3, 0.4) is 0 Å². The van der Waals surface area contributed by atoms with Gasteiger partial charge in [-0.15, -0.1) is 0 Å². The maximum atomic E-state index is 5.59. The molecule has 5 nitrogen and oxygen atoms in total. The predicted molar refractivity (Wildman–Crippen MR) is 84.5 cm³/mol. The number of para-hydroxylation sites is 2. The van der Waals surface area contributed by atoms with Crippen LogP contribution in [-0.4, -0.2) is 15.0 Å². The Morgan fingerprint density at radius 3 is 2.81 bits per heavy atom. The Kier molecular flexibility index (Phi) is 2.82. The summed E-state index contributed by atoms with van der Waals surface area (Å²) in [5.41, 5.74) is 2.38. The van der Waals surface area contributed by atoms with Gasteiger partial charge in [0.05, 0.1) is 5.52 Å². The molecule has 1 N–H and O–H groups in total. The van der Waals surface area contributed by atoms with Gasteiger partial charge in [0.2, 0.25) is 5.95 Å². The van der Waals surface area contributed by atoms with Crippen LogP contribution in [0.25, 0.3) is 22.0 Å². The lowest BCUT2D eigenvalue weighted by Gasteiger charge is -2.02. The van der Waals surface area contributed by atoms with Gasteiger partial charge in [0.15, 0.2) is 5.58 Å². The summed E-state index contributed by atoms with van der Waals surface area (Å²) in [6, 6.07) is 13.8. The summed E-state index contributed by atoms with van der Waals surface area (Å²) >= 11 is 3.43. The van der Waals surface area contributed by atoms with Gasteiger partial charge in [0, 0.05) is 16.1 Å². The Hall–Kier alpha value is -2.47. The minimum absolute atomic E-state index is 0.382. The highest BCUT2D eigenvalue weighted by Gasteiger charge is 2.07. The minimum atomic E-state index is 0.382. The number of hydrogen-bond acceptors (Lipinski definition) is 5. The standard InChI is InChI=1S/C15H9BrN4O/c16-10-5-6-11-9(7-10)8-17-14(18-11)20-15-19-12-3-1-2-4-13(12)21-15/h1-8H,(H,17,18,19,20). The zero-order chi connectivity index (χ0) is 14.2. The summed E-state index contributed by atoms with van der Waals surface area (Å²) in [5, 5.41) is 3.95. The first-order valence-electron chi connectivity index (χ1n) is 6.33. The fourth-order valence-corrected chi connectivity index (χ4v) is 2.46. The quantitative estimate of drug-likeness (QED) is 0.590. The third-order valence-electron chi connectivity index (χ3n) is 3.05. The molecule has 102 valence electrons. The number of benzene rings is 2. The molecule has 0 radical (unpaired) electrons. The van der Waals surface area contributed by atoms with Crippen LogP contribution in [0, 0.1) is 0 Å². The second kappa shape index (κ2) is 4.82. The van der Waals surface area contributed by atoms with Gasteiger partial charge in [0.25, 0.3) is 0 Å². The third-order valence-corrected chi connectivity index (χ3v) is 3.55. The van der Waals surface area contributed by atoms with E-state index >= 15 is 0 Å². The van der Waals surface area contributed by atoms with Crippen molar-refractivity contribution in [2.45, 2.75) is 0 Å². The minimum Gasteiger partial charge on any atom is -0.423 e. The van der Waals surface area contributed by atoms with Gasteiger partial charge < -0.3 is 4.42 Å². The number of rotatable bonds is 2. The van der Waals surface area contributed by atoms with Crippen LogP contribution in [0.4, 0.5) is 12.0 Å². The Morgan fingerprint density at radius 2 is 1.90 bits per heavy atom. The SMILES string of the molecule is Brc1ccc2nc(Nc3nc4ccccc4o3)ncc2c1. The summed E-state index contributed by atoms with van der Waals surface area (Å²) < 4.78 is 6.59. The molecule has 2 heterocycles. The van der Waals surface area contributed by atoms with Crippen LogP contribution in [0.1, 0.15) is 0 Å². The molecule has 0 unspecified atom stereocenters. The normalized spacial score (nSPS) is 11.1. The molecular formula is C15H9BrN4O. The second-order valence-corrected chi connectivity index (χ2v) is 5.42. The van der Waals surface area contributed by atoms with Crippen molar-refractivity contribution in [2.75, 3.05) is 5.32 Å². The van der Waals surface area contributed by atoms with Gasteiger partial charge in [-0.05, 0) is 30.3 Å². The van der Waals surface area contributed by atoms with Crippen LogP contribution in [0.2, 0.25) is 0 Å². The smallest absolute Gasteiger partial charge is 0.302 e. The van der Waals surface area contributed by atoms with E-state index in [2.05, 4.69) is 36.2 Å². The number of nitrogens with one attached hydrogen (secondary N) is 1. The molecule has 0 fully saturated rings. The average molecular weight is 341 g/mol. The molecular weight excluding hydrogens is 332 g/mol. The van der Waals surface area contributed by atoms with Crippen LogP contribution < -0.4 is 5.32 Å². The third kappa shape index (κ3) is 2.34. The van der Waals surface area contributed by atoms with E-state index in [0.29, 0.717) is 12.0 Å². The highest BCUT2D eigenvalue weighted by molar-refractivity contribution is 9.10. The summed E-state index contributed by atoms with van der Waals surface area (Å²) in [6.07, 6.45) is 1.76. The molecule has 4 aromatic rings. The lowest BCUT2D eigenvalue weighted by Crippen LogP contribution is -1.97. The van der Waals surface area contributed by atoms with Crippen molar-refractivity contribution in [3.8, 4) is 0 Å². The highest BCUT2D eigenvalue weighted by atomic mass is 79.9. The molecule has 0 aliphatic heterocycles. The molecule has 4 rings (SSSR count). The molecule has 0 spiro atoms. The maximum Gasteiger partial charge on any atom is 0.302 e. The average Bonchev–Trinajstić information content (AvgIpc) is 2.89. The monoisotopic (exact) mass is 340 g/mol. The predicted octanol–water partition coefficient (Wildman–Crippen LogP) is 4.28. The highest BCUT2D eigenvalue weighted by Crippen LogP contribution is 2.22. The molecule has 2 aromatic carbocycles. The van der Waals surface area contributed by atoms with Crippen molar-refractivity contribution in [3.05, 3.63) is 53.1 Å². The number of anilines is 2. The largest absolute Gasteiger partial charge is 0.423 e. The van der Waals surface area contributed by atoms with E-state index in [1.165, 1.54) is 0 Å². The van der Waals surface area contributed by atoms with Gasteiger partial charge in [-0.2, -0.15) is 4.98 Å². The van der Waals surface area contributed by atoms with E-state index in [1.54, 1.807) is 6.20 Å². The Balaban J connectivity index is 1.71. The van der Waals surface area contributed by atoms with E-state index in [1.807, 2.05) is 42.5 Å². The number of fused-ring (bicyclic) bond motifs is 2. The topological polar surface area (TPSA) is 63.8 Å². The van der Waals surface area contributed by atoms with Gasteiger partial charge >= 0.3 is 6.01 Å². The van der Waals surface area contributed by atoms with Crippen molar-refractivity contribution in [1.29, 1.82) is 0 Å². The number of hydrogen-bond donors (Lipinski definition) is 1.